The van der Waals surface area contributed by atoms with E-state index in [-0.39, 0.29) is 18.1 Å². The molecule has 3 N–H and O–H groups in total. The van der Waals surface area contributed by atoms with Gasteiger partial charge in [0.05, 0.1) is 7.11 Å². The molecule has 128 valence electrons. The quantitative estimate of drug-likeness (QED) is 0.734. The van der Waals surface area contributed by atoms with Crippen LogP contribution >= 0.6 is 0 Å². The first-order chi connectivity index (χ1) is 11.0. The van der Waals surface area contributed by atoms with E-state index in [1.165, 1.54) is 0 Å². The fourth-order valence-electron chi connectivity index (χ4n) is 2.07. The average Bonchev–Trinajstić information content (AvgIpc) is 2.58. The van der Waals surface area contributed by atoms with Crippen molar-refractivity contribution < 1.29 is 14.3 Å². The lowest BCUT2D eigenvalue weighted by molar-refractivity contribution is -0.123. The molecule has 1 rings (SSSR count). The molecule has 0 fully saturated rings. The van der Waals surface area contributed by atoms with Crippen molar-refractivity contribution in [3.8, 4) is 11.5 Å². The fourth-order valence-corrected chi connectivity index (χ4v) is 2.07. The smallest absolute Gasteiger partial charge is 0.258 e. The molecular weight excluding hydrogens is 292 g/mol. The lowest BCUT2D eigenvalue weighted by atomic mass is 9.94. The third kappa shape index (κ3) is 5.94. The Bertz CT molecular complexity index is 537. The normalized spacial score (nSPS) is 11.5. The molecule has 0 aliphatic carbocycles. The van der Waals surface area contributed by atoms with Crippen LogP contribution in [0.5, 0.6) is 11.5 Å². The number of carbonyl (C=O) groups excluding carboxylic acids is 1. The van der Waals surface area contributed by atoms with Gasteiger partial charge in [-0.25, -0.2) is 0 Å². The zero-order chi connectivity index (χ0) is 17.3. The number of methoxy groups -OCH3 is 1. The zero-order valence-electron chi connectivity index (χ0n) is 14.5. The van der Waals surface area contributed by atoms with Crippen LogP contribution in [-0.2, 0) is 4.79 Å². The first kappa shape index (κ1) is 19.0. The Labute approximate surface area is 138 Å². The van der Waals surface area contributed by atoms with Crippen LogP contribution in [0.4, 0.5) is 0 Å². The highest BCUT2D eigenvalue weighted by Gasteiger charge is 2.21. The summed E-state index contributed by atoms with van der Waals surface area (Å²) in [5, 5.41) is 2.82. The molecular formula is C18H28N2O3. The molecule has 0 unspecified atom stereocenters. The number of carbonyl (C=O) groups is 1. The van der Waals surface area contributed by atoms with Crippen LogP contribution in [0.1, 0.15) is 39.2 Å². The van der Waals surface area contributed by atoms with E-state index in [4.69, 9.17) is 15.2 Å². The summed E-state index contributed by atoms with van der Waals surface area (Å²) in [7, 11) is 1.58. The van der Waals surface area contributed by atoms with E-state index >= 15 is 0 Å². The lowest BCUT2D eigenvalue weighted by Crippen LogP contribution is -2.50. The summed E-state index contributed by atoms with van der Waals surface area (Å²) in [6.45, 7) is 6.36. The Kier molecular flexibility index (Phi) is 7.62. The predicted molar refractivity (Wildman–Crippen MR) is 93.7 cm³/mol. The van der Waals surface area contributed by atoms with Gasteiger partial charge in [-0.15, -0.1) is 0 Å². The molecule has 5 nitrogen and oxygen atoms in total. The Morgan fingerprint density at radius 3 is 2.57 bits per heavy atom. The van der Waals surface area contributed by atoms with Crippen molar-refractivity contribution in [3.05, 3.63) is 29.8 Å². The molecule has 0 atom stereocenters. The van der Waals surface area contributed by atoms with E-state index in [0.29, 0.717) is 18.0 Å². The van der Waals surface area contributed by atoms with Gasteiger partial charge in [-0.2, -0.15) is 0 Å². The van der Waals surface area contributed by atoms with Crippen molar-refractivity contribution >= 4 is 12.0 Å². The lowest BCUT2D eigenvalue weighted by Gasteiger charge is -2.26. The van der Waals surface area contributed by atoms with Gasteiger partial charge < -0.3 is 20.5 Å². The summed E-state index contributed by atoms with van der Waals surface area (Å²) in [4.78, 5) is 11.9. The van der Waals surface area contributed by atoms with Gasteiger partial charge in [-0.1, -0.05) is 32.1 Å². The third-order valence-electron chi connectivity index (χ3n) is 3.95. The van der Waals surface area contributed by atoms with Crippen molar-refractivity contribution in [1.82, 2.24) is 5.32 Å². The molecule has 1 aromatic carbocycles. The zero-order valence-corrected chi connectivity index (χ0v) is 14.5. The van der Waals surface area contributed by atoms with E-state index in [2.05, 4.69) is 5.32 Å². The minimum atomic E-state index is -0.360. The highest BCUT2D eigenvalue weighted by Crippen LogP contribution is 2.28. The highest BCUT2D eigenvalue weighted by atomic mass is 16.5. The largest absolute Gasteiger partial charge is 0.493 e. The van der Waals surface area contributed by atoms with Gasteiger partial charge in [0, 0.05) is 12.1 Å². The number of benzene rings is 1. The van der Waals surface area contributed by atoms with Gasteiger partial charge in [0.15, 0.2) is 18.1 Å². The molecule has 0 radical (unpaired) electrons. The Hall–Kier alpha value is -2.01. The van der Waals surface area contributed by atoms with E-state index in [1.54, 1.807) is 13.2 Å². The topological polar surface area (TPSA) is 73.6 Å². The van der Waals surface area contributed by atoms with Crippen molar-refractivity contribution in [3.63, 3.8) is 0 Å². The third-order valence-corrected chi connectivity index (χ3v) is 3.95. The number of nitrogens with one attached hydrogen (secondary N) is 1. The average molecular weight is 320 g/mol. The van der Waals surface area contributed by atoms with Crippen LogP contribution in [0.15, 0.2) is 24.3 Å². The summed E-state index contributed by atoms with van der Waals surface area (Å²) in [5.41, 5.74) is 6.82. The molecule has 0 heterocycles. The predicted octanol–water partition coefficient (Wildman–Crippen LogP) is 2.74. The van der Waals surface area contributed by atoms with Crippen LogP contribution in [0.25, 0.3) is 6.08 Å². The minimum Gasteiger partial charge on any atom is -0.493 e. The molecule has 0 aromatic heterocycles. The summed E-state index contributed by atoms with van der Waals surface area (Å²) >= 11 is 0. The van der Waals surface area contributed by atoms with Gasteiger partial charge in [0.2, 0.25) is 0 Å². The first-order valence-electron chi connectivity index (χ1n) is 7.97. The number of rotatable bonds is 9. The van der Waals surface area contributed by atoms with Crippen LogP contribution in [0, 0.1) is 0 Å². The van der Waals surface area contributed by atoms with E-state index in [9.17, 15) is 4.79 Å². The number of hydrogen-bond donors (Lipinski definition) is 2. The molecule has 1 amide bonds. The Balaban J connectivity index is 2.59. The number of hydrogen-bond acceptors (Lipinski definition) is 4. The van der Waals surface area contributed by atoms with Gasteiger partial charge >= 0.3 is 0 Å². The molecule has 5 heteroatoms. The van der Waals surface area contributed by atoms with Crippen LogP contribution < -0.4 is 20.5 Å². The first-order valence-corrected chi connectivity index (χ1v) is 7.97. The monoisotopic (exact) mass is 320 g/mol. The van der Waals surface area contributed by atoms with Crippen LogP contribution in [-0.4, -0.2) is 31.7 Å². The van der Waals surface area contributed by atoms with Crippen LogP contribution in [0.3, 0.4) is 0 Å². The maximum atomic E-state index is 11.9. The molecule has 0 spiro atoms. The summed E-state index contributed by atoms with van der Waals surface area (Å²) in [5.74, 6) is 0.950. The SMILES string of the molecule is C/C=C/c1ccc(OCC(=O)NCC(N)(CC)CC)c(OC)c1. The van der Waals surface area contributed by atoms with E-state index < -0.39 is 0 Å². The number of ether oxygens (including phenoxy) is 2. The maximum Gasteiger partial charge on any atom is 0.258 e. The number of amides is 1. The van der Waals surface area contributed by atoms with Gasteiger partial charge in [0.1, 0.15) is 0 Å². The van der Waals surface area contributed by atoms with Crippen molar-refractivity contribution in [2.75, 3.05) is 20.3 Å². The van der Waals surface area contributed by atoms with Gasteiger partial charge in [0.25, 0.3) is 5.91 Å². The van der Waals surface area contributed by atoms with Crippen molar-refractivity contribution in [2.45, 2.75) is 39.2 Å². The summed E-state index contributed by atoms with van der Waals surface area (Å²) in [6.07, 6.45) is 5.54. The molecule has 1 aromatic rings. The molecule has 0 aliphatic heterocycles. The molecule has 0 bridgehead atoms. The fraction of sp³-hybridized carbons (Fsp3) is 0.500. The number of allylic oxidation sites excluding steroid dienone is 1. The molecule has 23 heavy (non-hydrogen) atoms. The summed E-state index contributed by atoms with van der Waals surface area (Å²) in [6, 6.07) is 5.58. The maximum absolute atomic E-state index is 11.9. The summed E-state index contributed by atoms with van der Waals surface area (Å²) < 4.78 is 10.9. The van der Waals surface area contributed by atoms with Crippen LogP contribution in [0.2, 0.25) is 0 Å². The van der Waals surface area contributed by atoms with Gasteiger partial charge in [-0.05, 0) is 37.5 Å². The number of nitrogens with two attached hydrogens (primary N) is 1. The Morgan fingerprint density at radius 2 is 2.00 bits per heavy atom. The minimum absolute atomic E-state index is 0.0666. The molecule has 0 saturated heterocycles. The van der Waals surface area contributed by atoms with Crippen molar-refractivity contribution in [1.29, 1.82) is 0 Å². The van der Waals surface area contributed by atoms with Crippen molar-refractivity contribution in [2.24, 2.45) is 5.73 Å². The van der Waals surface area contributed by atoms with E-state index in [0.717, 1.165) is 18.4 Å². The highest BCUT2D eigenvalue weighted by molar-refractivity contribution is 5.77. The Morgan fingerprint density at radius 1 is 1.30 bits per heavy atom. The second-order valence-electron chi connectivity index (χ2n) is 5.55. The molecule has 0 saturated carbocycles. The standard InChI is InChI=1S/C18H28N2O3/c1-5-8-14-9-10-15(16(11-14)22-4)23-12-17(21)20-13-18(19,6-2)7-3/h5,8-11H,6-7,12-13,19H2,1-4H3,(H,20,21)/b8-5+. The van der Waals surface area contributed by atoms with E-state index in [1.807, 2.05) is 45.1 Å². The molecule has 0 aliphatic rings. The second-order valence-corrected chi connectivity index (χ2v) is 5.55. The van der Waals surface area contributed by atoms with Gasteiger partial charge in [-0.3, -0.25) is 4.79 Å². The second kappa shape index (κ2) is 9.20.